The van der Waals surface area contributed by atoms with Crippen molar-refractivity contribution in [1.29, 1.82) is 0 Å². The predicted octanol–water partition coefficient (Wildman–Crippen LogP) is 2.18. The predicted molar refractivity (Wildman–Crippen MR) is 67.5 cm³/mol. The second kappa shape index (κ2) is 6.28. The van der Waals surface area contributed by atoms with Crippen molar-refractivity contribution in [2.45, 2.75) is 20.8 Å². The van der Waals surface area contributed by atoms with Crippen LogP contribution in [0.3, 0.4) is 0 Å². The van der Waals surface area contributed by atoms with Crippen LogP contribution >= 0.6 is 0 Å². The molecule has 0 aromatic heterocycles. The first-order valence-corrected chi connectivity index (χ1v) is 5.66. The third kappa shape index (κ3) is 4.45. The average Bonchev–Trinajstić information content (AvgIpc) is 2.21. The zero-order valence-corrected chi connectivity index (χ0v) is 10.2. The minimum absolute atomic E-state index is 0.00921. The van der Waals surface area contributed by atoms with Crippen molar-refractivity contribution in [1.82, 2.24) is 5.32 Å². The van der Waals surface area contributed by atoms with E-state index in [0.29, 0.717) is 12.5 Å². The van der Waals surface area contributed by atoms with Gasteiger partial charge in [-0.1, -0.05) is 32.0 Å². The van der Waals surface area contributed by atoms with Crippen LogP contribution in [-0.4, -0.2) is 19.0 Å². The van der Waals surface area contributed by atoms with Crippen molar-refractivity contribution in [2.75, 3.05) is 18.4 Å². The van der Waals surface area contributed by atoms with E-state index in [4.69, 9.17) is 0 Å². The highest BCUT2D eigenvalue weighted by Crippen LogP contribution is 2.12. The van der Waals surface area contributed by atoms with E-state index in [2.05, 4.69) is 24.5 Å². The first kappa shape index (κ1) is 12.7. The molecule has 0 heterocycles. The first-order chi connectivity index (χ1) is 7.59. The fraction of sp³-hybridized carbons (Fsp3) is 0.462. The van der Waals surface area contributed by atoms with Crippen molar-refractivity contribution in [3.05, 3.63) is 29.8 Å². The molecule has 0 spiro atoms. The average molecular weight is 220 g/mol. The lowest BCUT2D eigenvalue weighted by molar-refractivity contribution is -0.115. The van der Waals surface area contributed by atoms with Crippen LogP contribution in [0.5, 0.6) is 0 Å². The summed E-state index contributed by atoms with van der Waals surface area (Å²) in [6.07, 6.45) is 0. The standard InChI is InChI=1S/C13H20N2O/c1-10(2)8-14-9-13(16)15-12-7-5-4-6-11(12)3/h4-7,10,14H,8-9H2,1-3H3,(H,15,16). The minimum Gasteiger partial charge on any atom is -0.325 e. The van der Waals surface area contributed by atoms with Crippen LogP contribution in [-0.2, 0) is 4.79 Å². The second-order valence-electron chi connectivity index (χ2n) is 4.39. The molecule has 0 aliphatic rings. The number of anilines is 1. The second-order valence-corrected chi connectivity index (χ2v) is 4.39. The van der Waals surface area contributed by atoms with Crippen LogP contribution in [0.25, 0.3) is 0 Å². The van der Waals surface area contributed by atoms with Gasteiger partial charge in [0.2, 0.25) is 5.91 Å². The van der Waals surface area contributed by atoms with E-state index >= 15 is 0 Å². The Kier molecular flexibility index (Phi) is 4.99. The van der Waals surface area contributed by atoms with Crippen LogP contribution in [0.4, 0.5) is 5.69 Å². The SMILES string of the molecule is Cc1ccccc1NC(=O)CNCC(C)C. The Balaban J connectivity index is 2.37. The molecule has 0 aliphatic heterocycles. The monoisotopic (exact) mass is 220 g/mol. The third-order valence-electron chi connectivity index (χ3n) is 2.26. The van der Waals surface area contributed by atoms with E-state index in [1.807, 2.05) is 31.2 Å². The molecule has 0 atom stereocenters. The number of carbonyl (C=O) groups excluding carboxylic acids is 1. The maximum absolute atomic E-state index is 11.6. The van der Waals surface area contributed by atoms with E-state index in [-0.39, 0.29) is 5.91 Å². The summed E-state index contributed by atoms with van der Waals surface area (Å²) in [5.74, 6) is 0.571. The zero-order chi connectivity index (χ0) is 12.0. The Morgan fingerprint density at radius 1 is 1.31 bits per heavy atom. The molecule has 0 fully saturated rings. The van der Waals surface area contributed by atoms with Crippen LogP contribution in [0.2, 0.25) is 0 Å². The summed E-state index contributed by atoms with van der Waals surface area (Å²) in [5.41, 5.74) is 1.97. The number of aryl methyl sites for hydroxylation is 1. The van der Waals surface area contributed by atoms with Gasteiger partial charge in [0.15, 0.2) is 0 Å². The van der Waals surface area contributed by atoms with E-state index in [9.17, 15) is 4.79 Å². The molecule has 1 amide bonds. The summed E-state index contributed by atoms with van der Waals surface area (Å²) in [6.45, 7) is 7.45. The Labute approximate surface area is 97.2 Å². The fourth-order valence-corrected chi connectivity index (χ4v) is 1.38. The summed E-state index contributed by atoms with van der Waals surface area (Å²) in [5, 5.41) is 5.99. The summed E-state index contributed by atoms with van der Waals surface area (Å²) in [6, 6.07) is 7.78. The minimum atomic E-state index is 0.00921. The van der Waals surface area contributed by atoms with Gasteiger partial charge in [-0.25, -0.2) is 0 Å². The largest absolute Gasteiger partial charge is 0.325 e. The van der Waals surface area contributed by atoms with Gasteiger partial charge in [0.1, 0.15) is 0 Å². The number of rotatable bonds is 5. The number of carbonyl (C=O) groups is 1. The Morgan fingerprint density at radius 2 is 2.00 bits per heavy atom. The van der Waals surface area contributed by atoms with Crippen LogP contribution in [0.15, 0.2) is 24.3 Å². The quantitative estimate of drug-likeness (QED) is 0.798. The van der Waals surface area contributed by atoms with Crippen molar-refractivity contribution in [3.8, 4) is 0 Å². The highest BCUT2D eigenvalue weighted by molar-refractivity contribution is 5.92. The maximum atomic E-state index is 11.6. The Morgan fingerprint density at radius 3 is 2.62 bits per heavy atom. The van der Waals surface area contributed by atoms with Gasteiger partial charge in [0.05, 0.1) is 6.54 Å². The molecule has 88 valence electrons. The molecule has 0 unspecified atom stereocenters. The highest BCUT2D eigenvalue weighted by Gasteiger charge is 2.03. The number of hydrogen-bond acceptors (Lipinski definition) is 2. The molecule has 0 bridgehead atoms. The lowest BCUT2D eigenvalue weighted by Gasteiger charge is -2.09. The molecular weight excluding hydrogens is 200 g/mol. The smallest absolute Gasteiger partial charge is 0.238 e. The molecule has 0 saturated carbocycles. The van der Waals surface area contributed by atoms with Gasteiger partial charge in [0, 0.05) is 5.69 Å². The van der Waals surface area contributed by atoms with Crippen molar-refractivity contribution in [3.63, 3.8) is 0 Å². The lowest BCUT2D eigenvalue weighted by Crippen LogP contribution is -2.30. The summed E-state index contributed by atoms with van der Waals surface area (Å²) < 4.78 is 0. The third-order valence-corrected chi connectivity index (χ3v) is 2.26. The van der Waals surface area contributed by atoms with Crippen molar-refractivity contribution < 1.29 is 4.79 Å². The van der Waals surface area contributed by atoms with Crippen LogP contribution in [0, 0.1) is 12.8 Å². The van der Waals surface area contributed by atoms with Gasteiger partial charge < -0.3 is 10.6 Å². The molecule has 0 aliphatic carbocycles. The molecule has 2 N–H and O–H groups in total. The van der Waals surface area contributed by atoms with Gasteiger partial charge in [0.25, 0.3) is 0 Å². The van der Waals surface area contributed by atoms with Gasteiger partial charge >= 0.3 is 0 Å². The zero-order valence-electron chi connectivity index (χ0n) is 10.2. The Bertz CT molecular complexity index is 348. The molecule has 3 nitrogen and oxygen atoms in total. The maximum Gasteiger partial charge on any atom is 0.238 e. The molecule has 0 saturated heterocycles. The van der Waals surface area contributed by atoms with Crippen LogP contribution < -0.4 is 10.6 Å². The molecule has 16 heavy (non-hydrogen) atoms. The summed E-state index contributed by atoms with van der Waals surface area (Å²) in [4.78, 5) is 11.6. The molecule has 0 radical (unpaired) electrons. The van der Waals surface area contributed by atoms with Gasteiger partial charge in [-0.15, -0.1) is 0 Å². The van der Waals surface area contributed by atoms with Crippen LogP contribution in [0.1, 0.15) is 19.4 Å². The Hall–Kier alpha value is -1.35. The van der Waals surface area contributed by atoms with Gasteiger partial charge in [-0.3, -0.25) is 4.79 Å². The number of nitrogens with one attached hydrogen (secondary N) is 2. The van der Waals surface area contributed by atoms with Crippen molar-refractivity contribution >= 4 is 11.6 Å². The fourth-order valence-electron chi connectivity index (χ4n) is 1.38. The molecule has 3 heteroatoms. The van der Waals surface area contributed by atoms with E-state index in [1.54, 1.807) is 0 Å². The van der Waals surface area contributed by atoms with E-state index < -0.39 is 0 Å². The van der Waals surface area contributed by atoms with Gasteiger partial charge in [-0.05, 0) is 31.0 Å². The molecule has 1 rings (SSSR count). The number of benzene rings is 1. The van der Waals surface area contributed by atoms with Crippen molar-refractivity contribution in [2.24, 2.45) is 5.92 Å². The summed E-state index contributed by atoms with van der Waals surface area (Å²) >= 11 is 0. The molecule has 1 aromatic rings. The van der Waals surface area contributed by atoms with E-state index in [1.165, 1.54) is 0 Å². The topological polar surface area (TPSA) is 41.1 Å². The number of amides is 1. The van der Waals surface area contributed by atoms with E-state index in [0.717, 1.165) is 17.8 Å². The molecular formula is C13H20N2O. The molecule has 1 aromatic carbocycles. The lowest BCUT2D eigenvalue weighted by atomic mass is 10.2. The highest BCUT2D eigenvalue weighted by atomic mass is 16.1. The summed E-state index contributed by atoms with van der Waals surface area (Å²) in [7, 11) is 0. The number of para-hydroxylation sites is 1. The van der Waals surface area contributed by atoms with Gasteiger partial charge in [-0.2, -0.15) is 0 Å². The first-order valence-electron chi connectivity index (χ1n) is 5.66. The normalized spacial score (nSPS) is 10.5. The number of hydrogen-bond donors (Lipinski definition) is 2.